The van der Waals surface area contributed by atoms with Gasteiger partial charge >= 0.3 is 0 Å². The topological polar surface area (TPSA) is 66.5 Å². The van der Waals surface area contributed by atoms with Gasteiger partial charge in [0.1, 0.15) is 0 Å². The zero-order chi connectivity index (χ0) is 17.4. The summed E-state index contributed by atoms with van der Waals surface area (Å²) in [4.78, 5) is 14.2. The van der Waals surface area contributed by atoms with Crippen molar-refractivity contribution < 1.29 is 13.2 Å². The number of hydrogen-bond donors (Lipinski definition) is 1. The van der Waals surface area contributed by atoms with Crippen molar-refractivity contribution in [3.05, 3.63) is 23.3 Å². The number of carbonyl (C=O) groups excluding carboxylic acids is 1. The number of hydrogen-bond acceptors (Lipinski definition) is 3. The Balaban J connectivity index is 1.60. The molecule has 25 heavy (non-hydrogen) atoms. The number of nitrogens with zero attached hydrogens (tertiary/aromatic N) is 1. The molecule has 1 aliphatic carbocycles. The molecule has 0 aromatic heterocycles. The van der Waals surface area contributed by atoms with E-state index >= 15 is 0 Å². The van der Waals surface area contributed by atoms with Crippen LogP contribution < -0.4 is 9.62 Å². The molecule has 4 rings (SSSR count). The number of sulfonamides is 1. The largest absolute Gasteiger partial charge is 0.312 e. The van der Waals surface area contributed by atoms with E-state index in [-0.39, 0.29) is 11.9 Å². The predicted octanol–water partition coefficient (Wildman–Crippen LogP) is 2.91. The first-order valence-corrected chi connectivity index (χ1v) is 11.0. The Labute approximate surface area is 149 Å². The van der Waals surface area contributed by atoms with E-state index in [1.807, 2.05) is 4.90 Å². The van der Waals surface area contributed by atoms with Gasteiger partial charge in [-0.3, -0.25) is 4.79 Å². The number of nitrogens with one attached hydrogen (secondary N) is 1. The minimum Gasteiger partial charge on any atom is -0.312 e. The van der Waals surface area contributed by atoms with Gasteiger partial charge in [0.15, 0.2) is 0 Å². The van der Waals surface area contributed by atoms with Gasteiger partial charge in [-0.15, -0.1) is 0 Å². The Hall–Kier alpha value is -1.40. The normalized spacial score (nSPS) is 21.8. The van der Waals surface area contributed by atoms with Crippen LogP contribution in [0.2, 0.25) is 0 Å². The average molecular weight is 362 g/mol. The number of amides is 1. The van der Waals surface area contributed by atoms with Gasteiger partial charge in [-0.25, -0.2) is 13.1 Å². The molecule has 2 aliphatic heterocycles. The molecular formula is C19H26N2O3S. The molecule has 136 valence electrons. The highest BCUT2D eigenvalue weighted by atomic mass is 32.2. The fourth-order valence-electron chi connectivity index (χ4n) is 4.44. The van der Waals surface area contributed by atoms with Crippen molar-refractivity contribution in [3.8, 4) is 0 Å². The van der Waals surface area contributed by atoms with E-state index in [0.29, 0.717) is 24.3 Å². The molecule has 1 fully saturated rings. The highest BCUT2D eigenvalue weighted by Crippen LogP contribution is 2.38. The first-order valence-electron chi connectivity index (χ1n) is 9.53. The Bertz CT molecular complexity index is 780. The van der Waals surface area contributed by atoms with E-state index in [1.165, 1.54) is 19.3 Å². The first kappa shape index (κ1) is 17.0. The second-order valence-electron chi connectivity index (χ2n) is 7.55. The van der Waals surface area contributed by atoms with Crippen LogP contribution in [-0.2, 0) is 27.7 Å². The first-order chi connectivity index (χ1) is 12.0. The van der Waals surface area contributed by atoms with Crippen LogP contribution in [0.25, 0.3) is 0 Å². The summed E-state index contributed by atoms with van der Waals surface area (Å²) in [6.45, 7) is 0.681. The van der Waals surface area contributed by atoms with E-state index in [1.54, 1.807) is 12.1 Å². The maximum absolute atomic E-state index is 12.9. The lowest BCUT2D eigenvalue weighted by Gasteiger charge is -2.26. The van der Waals surface area contributed by atoms with Crippen molar-refractivity contribution in [2.24, 2.45) is 0 Å². The highest BCUT2D eigenvalue weighted by Gasteiger charge is 2.33. The molecule has 0 bridgehead atoms. The number of rotatable bonds is 3. The number of benzene rings is 1. The van der Waals surface area contributed by atoms with Crippen molar-refractivity contribution in [1.29, 1.82) is 0 Å². The second-order valence-corrected chi connectivity index (χ2v) is 9.26. The molecule has 0 spiro atoms. The third-order valence-corrected chi connectivity index (χ3v) is 7.26. The molecule has 1 aromatic carbocycles. The maximum Gasteiger partial charge on any atom is 0.240 e. The quantitative estimate of drug-likeness (QED) is 0.899. The lowest BCUT2D eigenvalue weighted by molar-refractivity contribution is -0.118. The van der Waals surface area contributed by atoms with E-state index in [2.05, 4.69) is 4.72 Å². The Kier molecular flexibility index (Phi) is 4.58. The zero-order valence-electron chi connectivity index (χ0n) is 14.6. The third kappa shape index (κ3) is 3.34. The van der Waals surface area contributed by atoms with Gasteiger partial charge < -0.3 is 4.90 Å². The lowest BCUT2D eigenvalue weighted by Crippen LogP contribution is -2.36. The zero-order valence-corrected chi connectivity index (χ0v) is 15.4. The summed E-state index contributed by atoms with van der Waals surface area (Å²) < 4.78 is 28.8. The standard InChI is InChI=1S/C19H26N2O3S/c22-18-9-8-14-12-17(13-15-10-11-21(18)19(14)15)25(23,24)20-16-6-4-2-1-3-5-7-16/h12-13,16,20H,1-11H2. The minimum atomic E-state index is -3.50. The molecule has 0 radical (unpaired) electrons. The molecule has 3 aliphatic rings. The van der Waals surface area contributed by atoms with Gasteiger partial charge in [-0.2, -0.15) is 0 Å². The molecule has 1 N–H and O–H groups in total. The monoisotopic (exact) mass is 362 g/mol. The second kappa shape index (κ2) is 6.72. The van der Waals surface area contributed by atoms with E-state index in [9.17, 15) is 13.2 Å². The molecule has 6 heteroatoms. The average Bonchev–Trinajstić information content (AvgIpc) is 2.99. The highest BCUT2D eigenvalue weighted by molar-refractivity contribution is 7.89. The summed E-state index contributed by atoms with van der Waals surface area (Å²) in [7, 11) is -3.50. The summed E-state index contributed by atoms with van der Waals surface area (Å²) in [5.41, 5.74) is 2.98. The molecule has 0 saturated heterocycles. The van der Waals surface area contributed by atoms with E-state index in [4.69, 9.17) is 0 Å². The summed E-state index contributed by atoms with van der Waals surface area (Å²) in [6.07, 6.45) is 9.59. The summed E-state index contributed by atoms with van der Waals surface area (Å²) in [5.74, 6) is 0.162. The molecule has 2 heterocycles. The molecule has 1 amide bonds. The Morgan fingerprint density at radius 1 is 0.920 bits per heavy atom. The smallest absolute Gasteiger partial charge is 0.240 e. The van der Waals surface area contributed by atoms with Crippen molar-refractivity contribution >= 4 is 21.6 Å². The van der Waals surface area contributed by atoms with E-state index in [0.717, 1.165) is 48.9 Å². The van der Waals surface area contributed by atoms with E-state index < -0.39 is 10.0 Å². The van der Waals surface area contributed by atoms with Crippen LogP contribution in [0, 0.1) is 0 Å². The fourth-order valence-corrected chi connectivity index (χ4v) is 5.85. The van der Waals surface area contributed by atoms with Crippen LogP contribution >= 0.6 is 0 Å². The maximum atomic E-state index is 12.9. The van der Waals surface area contributed by atoms with Crippen LogP contribution in [0.1, 0.15) is 62.5 Å². The number of carbonyl (C=O) groups is 1. The predicted molar refractivity (Wildman–Crippen MR) is 97.2 cm³/mol. The molecular weight excluding hydrogens is 336 g/mol. The van der Waals surface area contributed by atoms with Gasteiger partial charge in [0, 0.05) is 19.0 Å². The van der Waals surface area contributed by atoms with Gasteiger partial charge in [0.2, 0.25) is 15.9 Å². The van der Waals surface area contributed by atoms with Crippen LogP contribution in [0.3, 0.4) is 0 Å². The van der Waals surface area contributed by atoms with Gasteiger partial charge in [-0.05, 0) is 48.9 Å². The van der Waals surface area contributed by atoms with Gasteiger partial charge in [0.05, 0.1) is 10.6 Å². The van der Waals surface area contributed by atoms with Crippen LogP contribution in [0.15, 0.2) is 17.0 Å². The fraction of sp³-hybridized carbons (Fsp3) is 0.632. The molecule has 5 nitrogen and oxygen atoms in total. The summed E-state index contributed by atoms with van der Waals surface area (Å²) in [5, 5.41) is 0. The Morgan fingerprint density at radius 3 is 2.28 bits per heavy atom. The number of aryl methyl sites for hydroxylation is 1. The molecule has 1 saturated carbocycles. The molecule has 0 atom stereocenters. The molecule has 0 unspecified atom stereocenters. The van der Waals surface area contributed by atoms with Crippen molar-refractivity contribution in [2.45, 2.75) is 75.1 Å². The van der Waals surface area contributed by atoms with Crippen molar-refractivity contribution in [1.82, 2.24) is 4.72 Å². The summed E-state index contributed by atoms with van der Waals surface area (Å²) >= 11 is 0. The summed E-state index contributed by atoms with van der Waals surface area (Å²) in [6, 6.07) is 3.62. The Morgan fingerprint density at radius 2 is 1.56 bits per heavy atom. The van der Waals surface area contributed by atoms with Crippen molar-refractivity contribution in [2.75, 3.05) is 11.4 Å². The minimum absolute atomic E-state index is 0.0491. The van der Waals surface area contributed by atoms with Crippen molar-refractivity contribution in [3.63, 3.8) is 0 Å². The van der Waals surface area contributed by atoms with Crippen LogP contribution in [-0.4, -0.2) is 26.9 Å². The van der Waals surface area contributed by atoms with Crippen LogP contribution in [0.5, 0.6) is 0 Å². The number of anilines is 1. The van der Waals surface area contributed by atoms with Gasteiger partial charge in [0.25, 0.3) is 0 Å². The lowest BCUT2D eigenvalue weighted by atomic mass is 9.97. The van der Waals surface area contributed by atoms with Gasteiger partial charge in [-0.1, -0.05) is 32.1 Å². The molecule has 1 aromatic rings. The third-order valence-electron chi connectivity index (χ3n) is 5.76. The SMILES string of the molecule is O=C1CCc2cc(S(=O)(=O)NC3CCCCCCC3)cc3c2N1CC3. The van der Waals surface area contributed by atoms with Crippen LogP contribution in [0.4, 0.5) is 5.69 Å².